The molecule has 7 heteroatoms. The Hall–Kier alpha value is -1.88. The predicted octanol–water partition coefficient (Wildman–Crippen LogP) is 2.29. The molecule has 0 spiro atoms. The van der Waals surface area contributed by atoms with E-state index >= 15 is 0 Å². The van der Waals surface area contributed by atoms with E-state index in [2.05, 4.69) is 10.6 Å². The smallest absolute Gasteiger partial charge is 0.347 e. The number of benzene rings is 1. The highest BCUT2D eigenvalue weighted by Gasteiger charge is 2.28. The zero-order valence-corrected chi connectivity index (χ0v) is 12.8. The molecule has 5 nitrogen and oxygen atoms in total. The molecule has 110 valence electrons. The second-order valence-electron chi connectivity index (χ2n) is 4.49. The lowest BCUT2D eigenvalue weighted by Crippen LogP contribution is -2.32. The Morgan fingerprint density at radius 1 is 1.48 bits per heavy atom. The fourth-order valence-electron chi connectivity index (χ4n) is 1.97. The van der Waals surface area contributed by atoms with Crippen LogP contribution in [-0.4, -0.2) is 25.5 Å². The number of hydrogen-bond donors (Lipinski definition) is 2. The summed E-state index contributed by atoms with van der Waals surface area (Å²) in [6.45, 7) is 1.63. The summed E-state index contributed by atoms with van der Waals surface area (Å²) in [4.78, 5) is 10.9. The van der Waals surface area contributed by atoms with E-state index in [-0.39, 0.29) is 16.2 Å². The van der Waals surface area contributed by atoms with Gasteiger partial charge in [-0.15, -0.1) is 23.7 Å². The summed E-state index contributed by atoms with van der Waals surface area (Å²) >= 11 is 0.940. The Labute approximate surface area is 126 Å². The van der Waals surface area contributed by atoms with Gasteiger partial charge in [0.1, 0.15) is 9.77 Å². The number of hydrogen-bond acceptors (Lipinski definition) is 4. The number of nitrogens with one attached hydrogen (secondary N) is 1. The Morgan fingerprint density at radius 3 is 2.76 bits per heavy atom. The monoisotopic (exact) mass is 323 g/mol. The molecule has 0 aliphatic carbocycles. The van der Waals surface area contributed by atoms with Crippen molar-refractivity contribution in [1.82, 2.24) is 4.72 Å². The molecule has 2 rings (SSSR count). The number of aromatic carboxylic acids is 1. The summed E-state index contributed by atoms with van der Waals surface area (Å²) in [5.41, 5.74) is 0. The molecule has 0 saturated heterocycles. The fraction of sp³-hybridized carbons (Fsp3) is 0.214. The summed E-state index contributed by atoms with van der Waals surface area (Å²) in [6.07, 6.45) is 5.38. The number of thiophene rings is 1. The van der Waals surface area contributed by atoms with Gasteiger partial charge in [0.2, 0.25) is 10.0 Å². The van der Waals surface area contributed by atoms with Gasteiger partial charge < -0.3 is 5.11 Å². The lowest BCUT2D eigenvalue weighted by molar-refractivity contribution is 0.0698. The van der Waals surface area contributed by atoms with Crippen molar-refractivity contribution in [3.05, 3.63) is 29.1 Å². The van der Waals surface area contributed by atoms with Gasteiger partial charge in [-0.3, -0.25) is 0 Å². The molecule has 1 heterocycles. The molecule has 21 heavy (non-hydrogen) atoms. The summed E-state index contributed by atoms with van der Waals surface area (Å²) in [5.74, 6) is 1.11. The molecule has 0 aliphatic heterocycles. The van der Waals surface area contributed by atoms with E-state index in [0.717, 1.165) is 11.3 Å². The molecular weight excluding hydrogens is 310 g/mol. The van der Waals surface area contributed by atoms with Crippen molar-refractivity contribution in [3.8, 4) is 12.3 Å². The van der Waals surface area contributed by atoms with Crippen LogP contribution in [0.2, 0.25) is 0 Å². The summed E-state index contributed by atoms with van der Waals surface area (Å²) in [5, 5.41) is 9.66. The molecule has 1 atom stereocenters. The third-order valence-corrected chi connectivity index (χ3v) is 5.76. The Morgan fingerprint density at radius 2 is 2.14 bits per heavy atom. The highest BCUT2D eigenvalue weighted by atomic mass is 32.2. The minimum Gasteiger partial charge on any atom is -0.477 e. The van der Waals surface area contributed by atoms with Gasteiger partial charge >= 0.3 is 5.97 Å². The van der Waals surface area contributed by atoms with Crippen LogP contribution in [0, 0.1) is 12.3 Å². The zero-order chi connectivity index (χ0) is 15.6. The fourth-order valence-corrected chi connectivity index (χ4v) is 4.96. The van der Waals surface area contributed by atoms with Gasteiger partial charge in [0.25, 0.3) is 0 Å². The number of carboxylic acid groups (broad SMARTS) is 1. The van der Waals surface area contributed by atoms with Crippen LogP contribution in [0.25, 0.3) is 10.1 Å². The molecule has 1 aromatic carbocycles. The maximum atomic E-state index is 12.5. The summed E-state index contributed by atoms with van der Waals surface area (Å²) in [7, 11) is -3.96. The Balaban J connectivity index is 2.61. The van der Waals surface area contributed by atoms with E-state index in [4.69, 9.17) is 6.42 Å². The van der Waals surface area contributed by atoms with Gasteiger partial charge in [0, 0.05) is 22.5 Å². The molecular formula is C14H13NO4S2. The lowest BCUT2D eigenvalue weighted by atomic mass is 10.2. The van der Waals surface area contributed by atoms with Crippen molar-refractivity contribution >= 4 is 37.4 Å². The van der Waals surface area contributed by atoms with Crippen LogP contribution >= 0.6 is 11.3 Å². The van der Waals surface area contributed by atoms with E-state index in [9.17, 15) is 18.3 Å². The van der Waals surface area contributed by atoms with Gasteiger partial charge in [-0.25, -0.2) is 17.9 Å². The molecule has 2 N–H and O–H groups in total. The topological polar surface area (TPSA) is 83.5 Å². The van der Waals surface area contributed by atoms with E-state index in [1.807, 2.05) is 0 Å². The second kappa shape index (κ2) is 5.85. The SMILES string of the molecule is C#CCC(C)NS(=O)(=O)c1c(C(=O)O)sc2ccccc12. The number of carbonyl (C=O) groups is 1. The van der Waals surface area contributed by atoms with Crippen molar-refractivity contribution < 1.29 is 18.3 Å². The molecule has 1 unspecified atom stereocenters. The van der Waals surface area contributed by atoms with Gasteiger partial charge in [0.05, 0.1) is 0 Å². The van der Waals surface area contributed by atoms with Crippen molar-refractivity contribution in [3.63, 3.8) is 0 Å². The average molecular weight is 323 g/mol. The quantitative estimate of drug-likeness (QED) is 0.827. The molecule has 2 aromatic rings. The molecule has 0 radical (unpaired) electrons. The molecule has 0 bridgehead atoms. The highest BCUT2D eigenvalue weighted by Crippen LogP contribution is 2.34. The molecule has 1 aromatic heterocycles. The van der Waals surface area contributed by atoms with E-state index in [0.29, 0.717) is 10.1 Å². The van der Waals surface area contributed by atoms with Gasteiger partial charge in [0.15, 0.2) is 0 Å². The second-order valence-corrected chi connectivity index (χ2v) is 7.20. The number of carboxylic acids is 1. The van der Waals surface area contributed by atoms with E-state index < -0.39 is 22.0 Å². The maximum Gasteiger partial charge on any atom is 0.347 e. The van der Waals surface area contributed by atoms with Crippen LogP contribution in [-0.2, 0) is 10.0 Å². The van der Waals surface area contributed by atoms with E-state index in [1.165, 1.54) is 0 Å². The lowest BCUT2D eigenvalue weighted by Gasteiger charge is -2.11. The Bertz CT molecular complexity index is 830. The number of fused-ring (bicyclic) bond motifs is 1. The van der Waals surface area contributed by atoms with Gasteiger partial charge in [-0.05, 0) is 13.0 Å². The first-order valence-corrected chi connectivity index (χ1v) is 8.37. The summed E-state index contributed by atoms with van der Waals surface area (Å²) in [6, 6.07) is 6.22. The first kappa shape index (κ1) is 15.5. The average Bonchev–Trinajstić information content (AvgIpc) is 2.78. The zero-order valence-electron chi connectivity index (χ0n) is 11.2. The molecule has 0 amide bonds. The maximum absolute atomic E-state index is 12.5. The first-order valence-electron chi connectivity index (χ1n) is 6.07. The summed E-state index contributed by atoms with van der Waals surface area (Å²) < 4.78 is 28.0. The third-order valence-electron chi connectivity index (χ3n) is 2.79. The third kappa shape index (κ3) is 3.08. The molecule has 0 saturated carbocycles. The van der Waals surface area contributed by atoms with Crippen LogP contribution in [0.1, 0.15) is 23.0 Å². The molecule has 0 aliphatic rings. The van der Waals surface area contributed by atoms with Crippen LogP contribution in [0.5, 0.6) is 0 Å². The predicted molar refractivity (Wildman–Crippen MR) is 82.0 cm³/mol. The highest BCUT2D eigenvalue weighted by molar-refractivity contribution is 7.90. The van der Waals surface area contributed by atoms with Gasteiger partial charge in [-0.2, -0.15) is 0 Å². The van der Waals surface area contributed by atoms with Crippen molar-refractivity contribution in [2.24, 2.45) is 0 Å². The first-order chi connectivity index (χ1) is 9.86. The van der Waals surface area contributed by atoms with Gasteiger partial charge in [-0.1, -0.05) is 18.2 Å². The van der Waals surface area contributed by atoms with Crippen LogP contribution in [0.15, 0.2) is 29.2 Å². The standard InChI is InChI=1S/C14H13NO4S2/c1-3-6-9(2)15-21(18,19)13-10-7-4-5-8-11(10)20-12(13)14(16)17/h1,4-5,7-9,15H,6H2,2H3,(H,16,17). The Kier molecular flexibility index (Phi) is 4.32. The van der Waals surface area contributed by atoms with Crippen molar-refractivity contribution in [2.45, 2.75) is 24.3 Å². The van der Waals surface area contributed by atoms with Crippen molar-refractivity contribution in [2.75, 3.05) is 0 Å². The minimum absolute atomic E-state index is 0.195. The van der Waals surface area contributed by atoms with Crippen LogP contribution < -0.4 is 4.72 Å². The van der Waals surface area contributed by atoms with Crippen LogP contribution in [0.3, 0.4) is 0 Å². The van der Waals surface area contributed by atoms with Crippen molar-refractivity contribution in [1.29, 1.82) is 0 Å². The van der Waals surface area contributed by atoms with E-state index in [1.54, 1.807) is 31.2 Å². The number of terminal acetylenes is 1. The largest absolute Gasteiger partial charge is 0.477 e. The minimum atomic E-state index is -3.96. The number of sulfonamides is 1. The number of rotatable bonds is 5. The normalized spacial score (nSPS) is 13.0. The van der Waals surface area contributed by atoms with Crippen LogP contribution in [0.4, 0.5) is 0 Å². The molecule has 0 fully saturated rings.